The smallest absolute Gasteiger partial charge is 0.255 e. The summed E-state index contributed by atoms with van der Waals surface area (Å²) >= 11 is 0. The van der Waals surface area contributed by atoms with Crippen LogP contribution in [0.1, 0.15) is 60.0 Å². The highest BCUT2D eigenvalue weighted by atomic mass is 16.2. The number of imide groups is 1. The second kappa shape index (κ2) is 6.92. The van der Waals surface area contributed by atoms with E-state index in [2.05, 4.69) is 16.3 Å². The fourth-order valence-corrected chi connectivity index (χ4v) is 5.81. The number of carbonyl (C=O) groups is 3. The van der Waals surface area contributed by atoms with Crippen LogP contribution in [0.25, 0.3) is 0 Å². The third-order valence-electron chi connectivity index (χ3n) is 7.60. The van der Waals surface area contributed by atoms with Gasteiger partial charge in [-0.05, 0) is 54.8 Å². The number of carbonyl (C=O) groups excluding carboxylic acids is 3. The number of benzene rings is 1. The Labute approximate surface area is 170 Å². The Kier molecular flexibility index (Phi) is 4.47. The number of fused-ring (bicyclic) bond motifs is 1. The van der Waals surface area contributed by atoms with Crippen molar-refractivity contribution < 1.29 is 14.4 Å². The molecular weight excluding hydrogens is 368 g/mol. The van der Waals surface area contributed by atoms with Gasteiger partial charge in [-0.3, -0.25) is 24.6 Å². The Morgan fingerprint density at radius 1 is 1.17 bits per heavy atom. The van der Waals surface area contributed by atoms with Crippen LogP contribution in [-0.4, -0.2) is 52.7 Å². The fraction of sp³-hybridized carbons (Fsp3) is 0.591. The standard InChI is InChI=1S/C22H28N4O3/c23-11-18-22(6-1-7-22)8-9-25(18)12-14-2-3-15-13-26(21(29)16(15)10-14)17-4-5-19(27)24-20(17)28/h2-3,10,17-18H,1,4-9,11-13,23H2,(H,24,27,28). The molecule has 1 aliphatic carbocycles. The number of rotatable bonds is 4. The maximum absolute atomic E-state index is 13.0. The van der Waals surface area contributed by atoms with Crippen LogP contribution in [0.3, 0.4) is 0 Å². The number of nitrogens with zero attached hydrogens (tertiary/aromatic N) is 2. The van der Waals surface area contributed by atoms with Crippen LogP contribution in [0.4, 0.5) is 0 Å². The minimum Gasteiger partial charge on any atom is -0.329 e. The zero-order chi connectivity index (χ0) is 20.2. The number of likely N-dealkylation sites (tertiary alicyclic amines) is 1. The molecule has 7 nitrogen and oxygen atoms in total. The lowest BCUT2D eigenvalue weighted by atomic mass is 9.64. The van der Waals surface area contributed by atoms with Crippen molar-refractivity contribution in [2.75, 3.05) is 13.1 Å². The molecule has 154 valence electrons. The van der Waals surface area contributed by atoms with Crippen LogP contribution in [0.5, 0.6) is 0 Å². The molecule has 2 atom stereocenters. The quantitative estimate of drug-likeness (QED) is 0.745. The summed E-state index contributed by atoms with van der Waals surface area (Å²) < 4.78 is 0. The highest BCUT2D eigenvalue weighted by molar-refractivity contribution is 6.05. The van der Waals surface area contributed by atoms with Crippen molar-refractivity contribution in [1.82, 2.24) is 15.1 Å². The molecule has 29 heavy (non-hydrogen) atoms. The minimum absolute atomic E-state index is 0.108. The maximum Gasteiger partial charge on any atom is 0.255 e. The van der Waals surface area contributed by atoms with E-state index >= 15 is 0 Å². The molecule has 2 saturated heterocycles. The van der Waals surface area contributed by atoms with E-state index in [1.807, 2.05) is 12.1 Å². The van der Waals surface area contributed by atoms with Crippen molar-refractivity contribution >= 4 is 17.7 Å². The van der Waals surface area contributed by atoms with Gasteiger partial charge in [0, 0.05) is 37.7 Å². The zero-order valence-corrected chi connectivity index (χ0v) is 16.7. The van der Waals surface area contributed by atoms with Crippen LogP contribution in [-0.2, 0) is 22.7 Å². The second-order valence-electron chi connectivity index (χ2n) is 9.08. The molecule has 3 aliphatic heterocycles. The first-order valence-corrected chi connectivity index (χ1v) is 10.7. The molecule has 1 spiro atoms. The summed E-state index contributed by atoms with van der Waals surface area (Å²) in [6.07, 6.45) is 5.78. The molecule has 0 radical (unpaired) electrons. The molecule has 0 bridgehead atoms. The van der Waals surface area contributed by atoms with Crippen LogP contribution in [0, 0.1) is 5.41 Å². The molecular formula is C22H28N4O3. The molecule has 3 heterocycles. The van der Waals surface area contributed by atoms with Crippen molar-refractivity contribution in [1.29, 1.82) is 0 Å². The summed E-state index contributed by atoms with van der Waals surface area (Å²) in [7, 11) is 0. The van der Waals surface area contributed by atoms with E-state index < -0.39 is 6.04 Å². The lowest BCUT2D eigenvalue weighted by molar-refractivity contribution is -0.136. The van der Waals surface area contributed by atoms with Gasteiger partial charge in [0.1, 0.15) is 6.04 Å². The summed E-state index contributed by atoms with van der Waals surface area (Å²) in [5.41, 5.74) is 9.32. The third kappa shape index (κ3) is 2.99. The van der Waals surface area contributed by atoms with Crippen molar-refractivity contribution in [2.24, 2.45) is 11.1 Å². The third-order valence-corrected chi connectivity index (χ3v) is 7.60. The Hall–Kier alpha value is -2.25. The zero-order valence-electron chi connectivity index (χ0n) is 16.7. The molecule has 4 aliphatic rings. The van der Waals surface area contributed by atoms with Crippen LogP contribution >= 0.6 is 0 Å². The summed E-state index contributed by atoms with van der Waals surface area (Å²) in [4.78, 5) is 40.7. The van der Waals surface area contributed by atoms with E-state index in [9.17, 15) is 14.4 Å². The van der Waals surface area contributed by atoms with Gasteiger partial charge in [0.2, 0.25) is 11.8 Å². The summed E-state index contributed by atoms with van der Waals surface area (Å²) in [5.74, 6) is -0.734. The molecule has 1 saturated carbocycles. The average Bonchev–Trinajstić information content (AvgIpc) is 3.20. The van der Waals surface area contributed by atoms with Crippen molar-refractivity contribution in [3.63, 3.8) is 0 Å². The molecule has 1 aromatic rings. The van der Waals surface area contributed by atoms with Gasteiger partial charge in [-0.25, -0.2) is 0 Å². The number of amides is 3. The molecule has 7 heteroatoms. The van der Waals surface area contributed by atoms with Crippen LogP contribution in [0.2, 0.25) is 0 Å². The normalized spacial score (nSPS) is 28.6. The van der Waals surface area contributed by atoms with Crippen LogP contribution < -0.4 is 11.1 Å². The summed E-state index contributed by atoms with van der Waals surface area (Å²) in [5, 5.41) is 2.35. The van der Waals surface area contributed by atoms with Gasteiger partial charge in [-0.2, -0.15) is 0 Å². The molecule has 1 aromatic carbocycles. The monoisotopic (exact) mass is 396 g/mol. The van der Waals surface area contributed by atoms with Gasteiger partial charge >= 0.3 is 0 Å². The Bertz CT molecular complexity index is 879. The van der Waals surface area contributed by atoms with Crippen molar-refractivity contribution in [3.8, 4) is 0 Å². The first-order valence-electron chi connectivity index (χ1n) is 10.7. The number of nitrogens with two attached hydrogens (primary N) is 1. The number of hydrogen-bond donors (Lipinski definition) is 2. The molecule has 2 unspecified atom stereocenters. The SMILES string of the molecule is NCC1N(Cc2ccc3c(c2)C(=O)N(C2CCC(=O)NC2=O)C3)CCC12CCC2. The molecule has 5 rings (SSSR count). The Morgan fingerprint density at radius 2 is 2.00 bits per heavy atom. The lowest BCUT2D eigenvalue weighted by Gasteiger charge is -2.44. The maximum atomic E-state index is 13.0. The number of hydrogen-bond acceptors (Lipinski definition) is 5. The van der Waals surface area contributed by atoms with Crippen molar-refractivity contribution in [3.05, 3.63) is 34.9 Å². The van der Waals surface area contributed by atoms with E-state index in [1.165, 1.54) is 25.7 Å². The first-order chi connectivity index (χ1) is 14.0. The number of piperidine rings is 1. The van der Waals surface area contributed by atoms with E-state index in [4.69, 9.17) is 5.73 Å². The van der Waals surface area contributed by atoms with E-state index in [0.717, 1.165) is 24.2 Å². The lowest BCUT2D eigenvalue weighted by Crippen LogP contribution is -2.52. The predicted octanol–water partition coefficient (Wildman–Crippen LogP) is 1.15. The highest BCUT2D eigenvalue weighted by Crippen LogP contribution is 2.52. The summed E-state index contributed by atoms with van der Waals surface area (Å²) in [6, 6.07) is 5.97. The van der Waals surface area contributed by atoms with Crippen LogP contribution in [0.15, 0.2) is 18.2 Å². The molecule has 0 aromatic heterocycles. The first kappa shape index (κ1) is 18.8. The fourth-order valence-electron chi connectivity index (χ4n) is 5.81. The number of nitrogens with one attached hydrogen (secondary N) is 1. The van der Waals surface area contributed by atoms with Gasteiger partial charge in [0.05, 0.1) is 0 Å². The second-order valence-corrected chi connectivity index (χ2v) is 9.08. The minimum atomic E-state index is -0.560. The van der Waals surface area contributed by atoms with E-state index in [1.54, 1.807) is 4.90 Å². The van der Waals surface area contributed by atoms with Gasteiger partial charge < -0.3 is 10.6 Å². The van der Waals surface area contributed by atoms with E-state index in [-0.39, 0.29) is 24.1 Å². The van der Waals surface area contributed by atoms with Gasteiger partial charge in [0.15, 0.2) is 0 Å². The molecule has 3 N–H and O–H groups in total. The topological polar surface area (TPSA) is 95.7 Å². The highest BCUT2D eigenvalue weighted by Gasteiger charge is 2.50. The predicted molar refractivity (Wildman–Crippen MR) is 107 cm³/mol. The summed E-state index contributed by atoms with van der Waals surface area (Å²) in [6.45, 7) is 2.99. The Balaban J connectivity index is 1.32. The molecule has 3 fully saturated rings. The largest absolute Gasteiger partial charge is 0.329 e. The van der Waals surface area contributed by atoms with Gasteiger partial charge in [-0.1, -0.05) is 18.6 Å². The average molecular weight is 396 g/mol. The van der Waals surface area contributed by atoms with Gasteiger partial charge in [0.25, 0.3) is 5.91 Å². The Morgan fingerprint density at radius 3 is 2.69 bits per heavy atom. The van der Waals surface area contributed by atoms with E-state index in [0.29, 0.717) is 36.5 Å². The van der Waals surface area contributed by atoms with Gasteiger partial charge in [-0.15, -0.1) is 0 Å². The molecule has 3 amide bonds. The van der Waals surface area contributed by atoms with Crippen molar-refractivity contribution in [2.45, 2.75) is 63.7 Å².